The monoisotopic (exact) mass is 576 g/mol. The molecule has 41 heavy (non-hydrogen) atoms. The Kier molecular flexibility index (Phi) is 18.0. The van der Waals surface area contributed by atoms with E-state index in [1.165, 1.54) is 12.8 Å². The molecule has 0 spiro atoms. The van der Waals surface area contributed by atoms with Crippen LogP contribution in [0, 0.1) is 23.7 Å². The van der Waals surface area contributed by atoms with Crippen LogP contribution in [0.3, 0.4) is 0 Å². The summed E-state index contributed by atoms with van der Waals surface area (Å²) in [7, 11) is 0. The van der Waals surface area contributed by atoms with Crippen molar-refractivity contribution in [3.8, 4) is 0 Å². The molecule has 0 aromatic carbocycles. The molecule has 0 saturated carbocycles. The van der Waals surface area contributed by atoms with Crippen molar-refractivity contribution in [1.82, 2.24) is 0 Å². The Labute approximate surface area is 248 Å². The molecule has 1 heterocycles. The van der Waals surface area contributed by atoms with E-state index in [1.807, 2.05) is 19.9 Å². The zero-order chi connectivity index (χ0) is 30.9. The number of hydrogen-bond acceptors (Lipinski definition) is 7. The third-order valence-corrected chi connectivity index (χ3v) is 7.63. The van der Waals surface area contributed by atoms with Gasteiger partial charge in [0, 0.05) is 12.3 Å². The number of allylic oxidation sites excluding steroid dienone is 1. The molecule has 5 N–H and O–H groups in total. The molecule has 7 nitrogen and oxygen atoms in total. The van der Waals surface area contributed by atoms with Crippen LogP contribution < -0.4 is 0 Å². The third-order valence-electron chi connectivity index (χ3n) is 7.63. The number of rotatable bonds is 18. The first-order valence-electron chi connectivity index (χ1n) is 15.3. The van der Waals surface area contributed by atoms with Crippen molar-refractivity contribution in [2.24, 2.45) is 23.7 Å². The highest BCUT2D eigenvalue weighted by Gasteiger charge is 2.25. The molecule has 0 radical (unpaired) electrons. The highest BCUT2D eigenvalue weighted by Crippen LogP contribution is 2.24. The molecule has 0 aliphatic carbocycles. The van der Waals surface area contributed by atoms with Crippen molar-refractivity contribution in [3.63, 3.8) is 0 Å². The predicted molar refractivity (Wildman–Crippen MR) is 165 cm³/mol. The summed E-state index contributed by atoms with van der Waals surface area (Å²) in [5, 5.41) is 50.8. The molecular formula is C34H56O7. The highest BCUT2D eigenvalue weighted by molar-refractivity contribution is 5.71. The fraction of sp³-hybridized carbons (Fsp3) is 0.676. The SMILES string of the molecule is CC[C@H](C)C[C@H](C)C[C@@H](C)/C=C(/C=C(\C)[C@H](O)[C@@H](C)/C=C/[C@H](O)C/C=C/[C@H](O)C/C=C/[C@H]1C[C@@H](O)CC(=O)O1)CO. The van der Waals surface area contributed by atoms with Gasteiger partial charge in [0.1, 0.15) is 6.10 Å². The minimum absolute atomic E-state index is 0.0140. The molecule has 1 aliphatic heterocycles. The number of ether oxygens (including phenoxy) is 1. The number of aliphatic hydroxyl groups excluding tert-OH is 5. The van der Waals surface area contributed by atoms with Gasteiger partial charge < -0.3 is 30.3 Å². The van der Waals surface area contributed by atoms with E-state index in [9.17, 15) is 30.3 Å². The summed E-state index contributed by atoms with van der Waals surface area (Å²) in [5.41, 5.74) is 1.56. The standard InChI is InChI=1S/C34H56O7/c1-7-23(2)16-24(3)17-25(4)18-28(22-35)19-27(6)34(40)26(5)14-15-30(37)11-8-10-29(36)12-9-13-32-20-31(38)21-33(39)41-32/h8-10,13-15,18-19,23-26,29-32,34-38,40H,7,11-12,16-17,20-22H2,1-6H3/b10-8+,13-9+,15-14+,27-19+,28-18-/t23-,24-,25+,26-,29-,30+,31+,32-,34+/m0/s1. The van der Waals surface area contributed by atoms with Gasteiger partial charge in [0.2, 0.25) is 0 Å². The van der Waals surface area contributed by atoms with Crippen LogP contribution in [0.1, 0.15) is 86.5 Å². The second-order valence-electron chi connectivity index (χ2n) is 12.1. The van der Waals surface area contributed by atoms with Gasteiger partial charge in [0.05, 0.1) is 37.4 Å². The van der Waals surface area contributed by atoms with Crippen molar-refractivity contribution in [2.45, 2.75) is 117 Å². The maximum Gasteiger partial charge on any atom is 0.309 e. The number of hydrogen-bond donors (Lipinski definition) is 5. The Morgan fingerprint density at radius 2 is 1.63 bits per heavy atom. The summed E-state index contributed by atoms with van der Waals surface area (Å²) in [6.45, 7) is 12.6. The summed E-state index contributed by atoms with van der Waals surface area (Å²) >= 11 is 0. The van der Waals surface area contributed by atoms with E-state index < -0.39 is 36.5 Å². The average Bonchev–Trinajstić information content (AvgIpc) is 2.89. The van der Waals surface area contributed by atoms with Gasteiger partial charge in [-0.25, -0.2) is 0 Å². The fourth-order valence-electron chi connectivity index (χ4n) is 5.19. The fourth-order valence-corrected chi connectivity index (χ4v) is 5.19. The Morgan fingerprint density at radius 3 is 2.27 bits per heavy atom. The second kappa shape index (κ2) is 20.0. The van der Waals surface area contributed by atoms with E-state index in [2.05, 4.69) is 33.8 Å². The van der Waals surface area contributed by atoms with Crippen molar-refractivity contribution in [3.05, 3.63) is 59.8 Å². The molecule has 234 valence electrons. The molecule has 0 amide bonds. The van der Waals surface area contributed by atoms with E-state index in [0.29, 0.717) is 37.0 Å². The molecule has 1 fully saturated rings. The summed E-state index contributed by atoms with van der Waals surface area (Å²) in [5.74, 6) is 0.999. The number of carbonyl (C=O) groups excluding carboxylic acids is 1. The molecule has 7 heteroatoms. The first kappa shape index (κ1) is 37.0. The Morgan fingerprint density at radius 1 is 0.976 bits per heavy atom. The van der Waals surface area contributed by atoms with Crippen molar-refractivity contribution < 1.29 is 35.1 Å². The van der Waals surface area contributed by atoms with Crippen LogP contribution in [0.4, 0.5) is 0 Å². The lowest BCUT2D eigenvalue weighted by Gasteiger charge is -2.23. The maximum absolute atomic E-state index is 11.4. The lowest BCUT2D eigenvalue weighted by molar-refractivity contribution is -0.156. The van der Waals surface area contributed by atoms with Gasteiger partial charge in [-0.1, -0.05) is 83.6 Å². The lowest BCUT2D eigenvalue weighted by Crippen LogP contribution is -2.31. The minimum atomic E-state index is -0.762. The number of aliphatic hydroxyl groups is 5. The Hall–Kier alpha value is -2.03. The van der Waals surface area contributed by atoms with Gasteiger partial charge >= 0.3 is 5.97 Å². The number of esters is 1. The quantitative estimate of drug-likeness (QED) is 0.0864. The van der Waals surface area contributed by atoms with Crippen molar-refractivity contribution >= 4 is 5.97 Å². The van der Waals surface area contributed by atoms with Gasteiger partial charge in [0.15, 0.2) is 0 Å². The Balaban J connectivity index is 2.54. The van der Waals surface area contributed by atoms with Crippen LogP contribution in [0.15, 0.2) is 59.8 Å². The second-order valence-corrected chi connectivity index (χ2v) is 12.1. The van der Waals surface area contributed by atoms with Crippen molar-refractivity contribution in [1.29, 1.82) is 0 Å². The van der Waals surface area contributed by atoms with E-state index in [-0.39, 0.29) is 18.9 Å². The van der Waals surface area contributed by atoms with Crippen LogP contribution in [0.5, 0.6) is 0 Å². The maximum atomic E-state index is 11.4. The van der Waals surface area contributed by atoms with Gasteiger partial charge in [-0.05, 0) is 67.6 Å². The topological polar surface area (TPSA) is 127 Å². The summed E-state index contributed by atoms with van der Waals surface area (Å²) in [6.07, 6.45) is 15.1. The van der Waals surface area contributed by atoms with Crippen LogP contribution >= 0.6 is 0 Å². The highest BCUT2D eigenvalue weighted by atomic mass is 16.5. The lowest BCUT2D eigenvalue weighted by atomic mass is 9.87. The first-order valence-corrected chi connectivity index (χ1v) is 15.3. The third kappa shape index (κ3) is 16.3. The summed E-state index contributed by atoms with van der Waals surface area (Å²) in [4.78, 5) is 11.4. The zero-order valence-electron chi connectivity index (χ0n) is 26.0. The minimum Gasteiger partial charge on any atom is -0.458 e. The van der Waals surface area contributed by atoms with E-state index in [4.69, 9.17) is 4.74 Å². The normalized spacial score (nSPS) is 24.4. The van der Waals surface area contributed by atoms with Gasteiger partial charge in [-0.15, -0.1) is 0 Å². The van der Waals surface area contributed by atoms with Crippen LogP contribution in [-0.2, 0) is 9.53 Å². The first-order chi connectivity index (χ1) is 19.3. The van der Waals surface area contributed by atoms with Crippen LogP contribution in [0.2, 0.25) is 0 Å². The molecule has 0 unspecified atom stereocenters. The molecule has 1 rings (SSSR count). The molecule has 0 aromatic rings. The van der Waals surface area contributed by atoms with Crippen LogP contribution in [-0.4, -0.2) is 68.6 Å². The molecule has 0 aromatic heterocycles. The predicted octanol–water partition coefficient (Wildman–Crippen LogP) is 5.18. The summed E-state index contributed by atoms with van der Waals surface area (Å²) < 4.78 is 5.13. The van der Waals surface area contributed by atoms with E-state index in [1.54, 1.807) is 36.5 Å². The Bertz CT molecular complexity index is 903. The molecule has 9 atom stereocenters. The number of carbonyl (C=O) groups is 1. The van der Waals surface area contributed by atoms with E-state index in [0.717, 1.165) is 17.6 Å². The summed E-state index contributed by atoms with van der Waals surface area (Å²) in [6, 6.07) is 0. The molecule has 0 bridgehead atoms. The number of cyclic esters (lactones) is 1. The van der Waals surface area contributed by atoms with Gasteiger partial charge in [-0.2, -0.15) is 0 Å². The smallest absolute Gasteiger partial charge is 0.309 e. The van der Waals surface area contributed by atoms with E-state index >= 15 is 0 Å². The van der Waals surface area contributed by atoms with Crippen LogP contribution in [0.25, 0.3) is 0 Å². The molecule has 1 aliphatic rings. The molecule has 1 saturated heterocycles. The average molecular weight is 577 g/mol. The van der Waals surface area contributed by atoms with Gasteiger partial charge in [0.25, 0.3) is 0 Å². The van der Waals surface area contributed by atoms with Gasteiger partial charge in [-0.3, -0.25) is 4.79 Å². The zero-order valence-corrected chi connectivity index (χ0v) is 26.0. The van der Waals surface area contributed by atoms with Crippen molar-refractivity contribution in [2.75, 3.05) is 6.61 Å². The largest absolute Gasteiger partial charge is 0.458 e. The molecular weight excluding hydrogens is 520 g/mol.